The number of carboxylic acid groups (broad SMARTS) is 2. The predicted molar refractivity (Wildman–Crippen MR) is 38.2 cm³/mol. The molecule has 0 aromatic heterocycles. The van der Waals surface area contributed by atoms with Gasteiger partial charge in [0.1, 0.15) is 12.2 Å². The molecule has 6 heteroatoms. The number of aliphatic carboxylic acids is 2. The van der Waals surface area contributed by atoms with Crippen LogP contribution in [0.2, 0.25) is 0 Å². The van der Waals surface area contributed by atoms with Gasteiger partial charge in [-0.2, -0.15) is 0 Å². The lowest BCUT2D eigenvalue weighted by Crippen LogP contribution is -2.42. The number of carboxylic acids is 2. The Morgan fingerprint density at radius 3 is 2.21 bits per heavy atom. The molecular weight excluding hydrogens is 192 g/mol. The van der Waals surface area contributed by atoms with Crippen molar-refractivity contribution >= 4 is 11.9 Å². The highest BCUT2D eigenvalue weighted by atomic mass is 16.4. The second-order valence-electron chi connectivity index (χ2n) is 2.70. The summed E-state index contributed by atoms with van der Waals surface area (Å²) >= 11 is 0. The van der Waals surface area contributed by atoms with Crippen molar-refractivity contribution in [2.24, 2.45) is 0 Å². The Labute approximate surface area is 78.4 Å². The first kappa shape index (κ1) is 10.4. The van der Waals surface area contributed by atoms with Crippen LogP contribution in [0.5, 0.6) is 0 Å². The third-order valence-corrected chi connectivity index (χ3v) is 1.81. The molecule has 0 amide bonds. The highest BCUT2D eigenvalue weighted by Gasteiger charge is 2.26. The minimum atomic E-state index is -1.85. The normalized spacial score (nSPS) is 26.4. The fourth-order valence-electron chi connectivity index (χ4n) is 1.13. The zero-order valence-corrected chi connectivity index (χ0v) is 6.84. The molecule has 14 heavy (non-hydrogen) atoms. The smallest absolute Gasteiger partial charge is 0.111 e. The van der Waals surface area contributed by atoms with Crippen molar-refractivity contribution < 1.29 is 30.0 Å². The Morgan fingerprint density at radius 2 is 1.79 bits per heavy atom. The molecule has 76 valence electrons. The third-order valence-electron chi connectivity index (χ3n) is 1.81. The van der Waals surface area contributed by atoms with Gasteiger partial charge < -0.3 is 30.0 Å². The molecule has 0 unspecified atom stereocenters. The number of rotatable bonds is 2. The van der Waals surface area contributed by atoms with E-state index in [0.717, 1.165) is 12.2 Å². The Kier molecular flexibility index (Phi) is 2.68. The van der Waals surface area contributed by atoms with Gasteiger partial charge in [0.2, 0.25) is 0 Å². The van der Waals surface area contributed by atoms with Crippen LogP contribution in [0, 0.1) is 0 Å². The monoisotopic (exact) mass is 198 g/mol. The Bertz CT molecular complexity index is 340. The summed E-state index contributed by atoms with van der Waals surface area (Å²) in [5, 5.41) is 39.1. The van der Waals surface area contributed by atoms with Crippen LogP contribution in [0.3, 0.4) is 0 Å². The van der Waals surface area contributed by atoms with Gasteiger partial charge in [0.15, 0.2) is 0 Å². The molecule has 0 fully saturated rings. The van der Waals surface area contributed by atoms with Crippen molar-refractivity contribution in [2.75, 3.05) is 0 Å². The topological polar surface area (TPSA) is 121 Å². The van der Waals surface area contributed by atoms with Crippen LogP contribution in [0.25, 0.3) is 0 Å². The second kappa shape index (κ2) is 3.60. The van der Waals surface area contributed by atoms with Crippen molar-refractivity contribution in [1.29, 1.82) is 0 Å². The lowest BCUT2D eigenvalue weighted by molar-refractivity contribution is -0.304. The summed E-state index contributed by atoms with van der Waals surface area (Å²) in [5.41, 5.74) is -1.57. The quantitative estimate of drug-likeness (QED) is 0.467. The second-order valence-corrected chi connectivity index (χ2v) is 2.70. The van der Waals surface area contributed by atoms with Gasteiger partial charge in [-0.05, 0) is 0 Å². The van der Waals surface area contributed by atoms with E-state index in [-0.39, 0.29) is 0 Å². The van der Waals surface area contributed by atoms with Crippen molar-refractivity contribution in [3.8, 4) is 0 Å². The molecule has 1 rings (SSSR count). The fraction of sp³-hybridized carbons (Fsp3) is 0.250. The summed E-state index contributed by atoms with van der Waals surface area (Å²) in [4.78, 5) is 20.9. The molecule has 0 heterocycles. The van der Waals surface area contributed by atoms with E-state index in [1.807, 2.05) is 0 Å². The van der Waals surface area contributed by atoms with E-state index in [1.54, 1.807) is 0 Å². The maximum absolute atomic E-state index is 10.5. The summed E-state index contributed by atoms with van der Waals surface area (Å²) in [6.07, 6.45) is -1.44. The van der Waals surface area contributed by atoms with Gasteiger partial charge in [0.25, 0.3) is 0 Å². The zero-order chi connectivity index (χ0) is 10.9. The number of hydrogen-bond donors (Lipinski definition) is 2. The molecule has 0 saturated carbocycles. The lowest BCUT2D eigenvalue weighted by Gasteiger charge is -2.26. The zero-order valence-electron chi connectivity index (χ0n) is 6.84. The van der Waals surface area contributed by atoms with Crippen LogP contribution < -0.4 is 10.2 Å². The van der Waals surface area contributed by atoms with Gasteiger partial charge in [-0.3, -0.25) is 0 Å². The Morgan fingerprint density at radius 1 is 1.21 bits per heavy atom. The summed E-state index contributed by atoms with van der Waals surface area (Å²) in [7, 11) is 0. The van der Waals surface area contributed by atoms with E-state index < -0.39 is 35.3 Å². The molecule has 6 nitrogen and oxygen atoms in total. The summed E-state index contributed by atoms with van der Waals surface area (Å²) in [6.45, 7) is 0. The van der Waals surface area contributed by atoms with Gasteiger partial charge in [0.05, 0.1) is 11.9 Å². The highest BCUT2D eigenvalue weighted by molar-refractivity contribution is 6.00. The molecular formula is C8H6O6-2. The lowest BCUT2D eigenvalue weighted by atomic mass is 9.93. The predicted octanol–water partition coefficient (Wildman–Crippen LogP) is -3.93. The first-order valence-electron chi connectivity index (χ1n) is 3.66. The molecule has 0 aromatic carbocycles. The Hall–Kier alpha value is -1.66. The standard InChI is InChI=1S/C8H8O6/c9-4-2-1-3(7(11)12)5(6(4)10)8(13)14/h1-2,4,6,9-10H,(H,11,12)(H,13,14)/p-2/t4-,6-/m0/s1. The van der Waals surface area contributed by atoms with Crippen LogP contribution in [-0.2, 0) is 9.59 Å². The Balaban J connectivity index is 3.24. The van der Waals surface area contributed by atoms with Crippen LogP contribution in [0.4, 0.5) is 0 Å². The minimum absolute atomic E-state index is 0.692. The SMILES string of the molecule is O=C([O-])C1=C(C(=O)[O-])[C@@H](O)[C@@H](O)C=C1. The van der Waals surface area contributed by atoms with E-state index in [2.05, 4.69) is 0 Å². The highest BCUT2D eigenvalue weighted by Crippen LogP contribution is 2.19. The molecule has 0 spiro atoms. The molecule has 0 saturated heterocycles. The van der Waals surface area contributed by atoms with Crippen LogP contribution >= 0.6 is 0 Å². The largest absolute Gasteiger partial charge is 0.545 e. The summed E-state index contributed by atoms with van der Waals surface area (Å²) in [5.74, 6) is -3.59. The van der Waals surface area contributed by atoms with Gasteiger partial charge in [0, 0.05) is 11.1 Å². The molecule has 2 atom stereocenters. The maximum Gasteiger partial charge on any atom is 0.111 e. The van der Waals surface area contributed by atoms with E-state index >= 15 is 0 Å². The number of aliphatic hydroxyl groups is 2. The van der Waals surface area contributed by atoms with Gasteiger partial charge in [-0.25, -0.2) is 0 Å². The minimum Gasteiger partial charge on any atom is -0.545 e. The van der Waals surface area contributed by atoms with E-state index in [1.165, 1.54) is 0 Å². The van der Waals surface area contributed by atoms with Crippen molar-refractivity contribution in [3.05, 3.63) is 23.3 Å². The van der Waals surface area contributed by atoms with Crippen molar-refractivity contribution in [1.82, 2.24) is 0 Å². The van der Waals surface area contributed by atoms with Crippen molar-refractivity contribution in [2.45, 2.75) is 12.2 Å². The number of carbonyl (C=O) groups excluding carboxylic acids is 2. The summed E-state index contributed by atoms with van der Waals surface area (Å²) in [6, 6.07) is 0. The van der Waals surface area contributed by atoms with Gasteiger partial charge in [-0.1, -0.05) is 12.2 Å². The fourth-order valence-corrected chi connectivity index (χ4v) is 1.13. The maximum atomic E-state index is 10.5. The molecule has 0 radical (unpaired) electrons. The number of aliphatic hydroxyl groups excluding tert-OH is 2. The summed E-state index contributed by atoms with van der Waals surface area (Å²) < 4.78 is 0. The average Bonchev–Trinajstić information content (AvgIpc) is 2.08. The van der Waals surface area contributed by atoms with E-state index in [4.69, 9.17) is 10.2 Å². The van der Waals surface area contributed by atoms with E-state index in [9.17, 15) is 19.8 Å². The van der Waals surface area contributed by atoms with Crippen LogP contribution in [-0.4, -0.2) is 34.4 Å². The molecule has 1 aliphatic rings. The van der Waals surface area contributed by atoms with Crippen molar-refractivity contribution in [3.63, 3.8) is 0 Å². The molecule has 0 bridgehead atoms. The van der Waals surface area contributed by atoms with Crippen LogP contribution in [0.15, 0.2) is 23.3 Å². The first-order valence-corrected chi connectivity index (χ1v) is 3.66. The molecule has 0 aromatic rings. The van der Waals surface area contributed by atoms with Gasteiger partial charge in [-0.15, -0.1) is 0 Å². The van der Waals surface area contributed by atoms with Gasteiger partial charge >= 0.3 is 0 Å². The molecule has 1 aliphatic carbocycles. The first-order chi connectivity index (χ1) is 6.45. The average molecular weight is 198 g/mol. The molecule has 2 N–H and O–H groups in total. The number of hydrogen-bond acceptors (Lipinski definition) is 6. The van der Waals surface area contributed by atoms with E-state index in [0.29, 0.717) is 0 Å². The number of carbonyl (C=O) groups is 2. The third kappa shape index (κ3) is 1.66. The van der Waals surface area contributed by atoms with Crippen LogP contribution in [0.1, 0.15) is 0 Å². The molecule has 0 aliphatic heterocycles.